The molecule has 0 saturated carbocycles. The van der Waals surface area contributed by atoms with Crippen LogP contribution in [0.4, 0.5) is 0 Å². The number of phosphoric acid groups is 1. The Morgan fingerprint density at radius 2 is 0.767 bits per heavy atom. The van der Waals surface area contributed by atoms with Gasteiger partial charge in [0.1, 0.15) is 13.2 Å². The van der Waals surface area contributed by atoms with Crippen molar-refractivity contribution in [1.29, 1.82) is 0 Å². The molecule has 2 N–H and O–H groups in total. The van der Waals surface area contributed by atoms with Crippen molar-refractivity contribution in [2.24, 2.45) is 0 Å². The number of unbranched alkanes of at least 4 members (excludes halogenated alkanes) is 42. The third kappa shape index (κ3) is 58.2. The van der Waals surface area contributed by atoms with Crippen LogP contribution in [0.5, 0.6) is 0 Å². The highest BCUT2D eigenvalue weighted by Gasteiger charge is 2.23. The number of rotatable bonds is 59. The topological polar surface area (TPSA) is 108 Å². The number of likely N-dealkylation sites (N-methyl/N-ethyl adjacent to an activating group) is 1. The minimum atomic E-state index is -4.61. The zero-order valence-corrected chi connectivity index (χ0v) is 50.3. The predicted molar refractivity (Wildman–Crippen MR) is 316 cm³/mol. The van der Waals surface area contributed by atoms with Crippen LogP contribution in [-0.4, -0.2) is 68.5 Å². The highest BCUT2D eigenvalue weighted by molar-refractivity contribution is 7.45. The van der Waals surface area contributed by atoms with Crippen LogP contribution in [0.15, 0.2) is 36.5 Å². The molecule has 9 heteroatoms. The lowest BCUT2D eigenvalue weighted by Crippen LogP contribution is -2.45. The number of nitrogens with one attached hydrogen (secondary N) is 1. The van der Waals surface area contributed by atoms with E-state index < -0.39 is 20.0 Å². The molecule has 0 saturated heterocycles. The molecule has 8 nitrogen and oxygen atoms in total. The number of amides is 1. The summed E-state index contributed by atoms with van der Waals surface area (Å²) in [6.45, 7) is 4.67. The van der Waals surface area contributed by atoms with Crippen molar-refractivity contribution in [3.8, 4) is 0 Å². The maximum atomic E-state index is 13.0. The van der Waals surface area contributed by atoms with Gasteiger partial charge in [-0.25, -0.2) is 0 Å². The van der Waals surface area contributed by atoms with E-state index in [4.69, 9.17) is 9.05 Å². The maximum absolute atomic E-state index is 13.0. The Hall–Kier alpha value is -1.28. The molecule has 0 aliphatic rings. The van der Waals surface area contributed by atoms with E-state index in [9.17, 15) is 19.4 Å². The Morgan fingerprint density at radius 1 is 0.466 bits per heavy atom. The summed E-state index contributed by atoms with van der Waals surface area (Å²) in [7, 11) is 1.26. The first-order valence-electron chi connectivity index (χ1n) is 31.9. The molecule has 0 heterocycles. The number of phosphoric ester groups is 1. The molecule has 432 valence electrons. The SMILES string of the molecule is CCCCCCCCCC/C=C\CCCCCCCCCCCCCCCCCCCCCC(=O)NC(COP(=O)([O-])OCC[N+](C)(C)C)C(O)/C=C/CC/C=C/CCCCCCCCCCCCCCCC. The highest BCUT2D eigenvalue weighted by atomic mass is 31.2. The van der Waals surface area contributed by atoms with Crippen LogP contribution in [0, 0.1) is 0 Å². The quantitative estimate of drug-likeness (QED) is 0.0272. The predicted octanol–water partition coefficient (Wildman–Crippen LogP) is 19.1. The molecule has 1 amide bonds. The first kappa shape index (κ1) is 71.7. The van der Waals surface area contributed by atoms with Gasteiger partial charge in [-0.1, -0.05) is 288 Å². The second-order valence-corrected chi connectivity index (χ2v) is 24.5. The van der Waals surface area contributed by atoms with E-state index >= 15 is 0 Å². The number of hydrogen-bond donors (Lipinski definition) is 2. The summed E-state index contributed by atoms with van der Waals surface area (Å²) in [5.41, 5.74) is 0. The Labute approximate surface area is 455 Å². The molecule has 0 rings (SSSR count). The van der Waals surface area contributed by atoms with Crippen LogP contribution in [-0.2, 0) is 18.4 Å². The van der Waals surface area contributed by atoms with Crippen molar-refractivity contribution in [3.63, 3.8) is 0 Å². The van der Waals surface area contributed by atoms with Crippen LogP contribution in [0.25, 0.3) is 0 Å². The summed E-state index contributed by atoms with van der Waals surface area (Å²) in [5, 5.41) is 13.9. The largest absolute Gasteiger partial charge is 0.756 e. The average Bonchev–Trinajstić information content (AvgIpc) is 3.35. The second kappa shape index (κ2) is 55.5. The summed E-state index contributed by atoms with van der Waals surface area (Å²) in [4.78, 5) is 25.5. The molecule has 0 fully saturated rings. The molecule has 0 aliphatic carbocycles. The lowest BCUT2D eigenvalue weighted by atomic mass is 10.0. The average molecular weight is 1050 g/mol. The van der Waals surface area contributed by atoms with Crippen LogP contribution < -0.4 is 10.2 Å². The number of carbonyl (C=O) groups is 1. The smallest absolute Gasteiger partial charge is 0.268 e. The number of allylic oxidation sites excluding steroid dienone is 5. The van der Waals surface area contributed by atoms with Gasteiger partial charge in [0.2, 0.25) is 5.91 Å². The number of hydrogen-bond acceptors (Lipinski definition) is 6. The number of quaternary nitrogens is 1. The van der Waals surface area contributed by atoms with Crippen molar-refractivity contribution in [3.05, 3.63) is 36.5 Å². The van der Waals surface area contributed by atoms with E-state index in [1.54, 1.807) is 6.08 Å². The number of aliphatic hydroxyl groups excluding tert-OH is 1. The molecular weight excluding hydrogens is 924 g/mol. The van der Waals surface area contributed by atoms with Gasteiger partial charge in [0, 0.05) is 6.42 Å². The summed E-state index contributed by atoms with van der Waals surface area (Å²) in [5.74, 6) is -0.201. The zero-order valence-electron chi connectivity index (χ0n) is 49.4. The molecule has 0 aromatic carbocycles. The van der Waals surface area contributed by atoms with Crippen molar-refractivity contribution in [2.45, 2.75) is 328 Å². The molecule has 0 bridgehead atoms. The van der Waals surface area contributed by atoms with Crippen LogP contribution in [0.2, 0.25) is 0 Å². The van der Waals surface area contributed by atoms with Gasteiger partial charge in [-0.05, 0) is 57.8 Å². The van der Waals surface area contributed by atoms with Crippen molar-refractivity contribution in [1.82, 2.24) is 5.32 Å². The third-order valence-corrected chi connectivity index (χ3v) is 15.5. The highest BCUT2D eigenvalue weighted by Crippen LogP contribution is 2.38. The van der Waals surface area contributed by atoms with Gasteiger partial charge in [0.05, 0.1) is 39.9 Å². The molecule has 73 heavy (non-hydrogen) atoms. The lowest BCUT2D eigenvalue weighted by molar-refractivity contribution is -0.870. The normalized spacial score (nSPS) is 14.0. The number of nitrogens with zero attached hydrogens (tertiary/aromatic N) is 1. The standard InChI is InChI=1S/C64H125N2O6P/c1-6-8-10-12-14-16-18-20-22-24-26-28-29-30-31-32-33-34-35-36-37-38-40-42-44-46-48-50-52-54-56-58-64(68)65-62(61-72-73(69,70)71-60-59-66(3,4)5)63(67)57-55-53-51-49-47-45-43-41-39-27-25-23-21-19-17-15-13-11-9-7-2/h24,26,47,49,55,57,62-63,67H,6-23,25,27-46,48,50-54,56,58-61H2,1-5H3,(H-,65,68,69,70)/b26-24-,49-47+,57-55+. The Morgan fingerprint density at radius 3 is 1.11 bits per heavy atom. The number of carbonyl (C=O) groups excluding carboxylic acids is 1. The summed E-state index contributed by atoms with van der Waals surface area (Å²) in [6.07, 6.45) is 72.5. The van der Waals surface area contributed by atoms with Gasteiger partial charge in [-0.2, -0.15) is 0 Å². The Kier molecular flexibility index (Phi) is 54.5. The fraction of sp³-hybridized carbons (Fsp3) is 0.891. The molecule has 3 unspecified atom stereocenters. The minimum absolute atomic E-state index is 0.00467. The van der Waals surface area contributed by atoms with Crippen molar-refractivity contribution < 1.29 is 32.9 Å². The Bertz CT molecular complexity index is 1280. The van der Waals surface area contributed by atoms with E-state index in [0.717, 1.165) is 38.5 Å². The molecule has 0 aromatic rings. The minimum Gasteiger partial charge on any atom is -0.756 e. The molecule has 3 atom stereocenters. The van der Waals surface area contributed by atoms with Gasteiger partial charge in [0.25, 0.3) is 7.82 Å². The summed E-state index contributed by atoms with van der Waals surface area (Å²) < 4.78 is 23.4. The molecular formula is C64H125N2O6P. The lowest BCUT2D eigenvalue weighted by Gasteiger charge is -2.29. The monoisotopic (exact) mass is 1050 g/mol. The van der Waals surface area contributed by atoms with Crippen LogP contribution in [0.1, 0.15) is 316 Å². The van der Waals surface area contributed by atoms with Gasteiger partial charge < -0.3 is 28.8 Å². The van der Waals surface area contributed by atoms with E-state index in [1.165, 1.54) is 257 Å². The van der Waals surface area contributed by atoms with Crippen molar-refractivity contribution in [2.75, 3.05) is 40.9 Å². The zero-order chi connectivity index (χ0) is 53.5. The molecule has 0 aromatic heterocycles. The van der Waals surface area contributed by atoms with Crippen LogP contribution in [0.3, 0.4) is 0 Å². The van der Waals surface area contributed by atoms with Gasteiger partial charge in [-0.3, -0.25) is 9.36 Å². The van der Waals surface area contributed by atoms with Crippen molar-refractivity contribution >= 4 is 13.7 Å². The third-order valence-electron chi connectivity index (χ3n) is 14.6. The van der Waals surface area contributed by atoms with E-state index in [-0.39, 0.29) is 19.1 Å². The first-order chi connectivity index (χ1) is 35.5. The summed E-state index contributed by atoms with van der Waals surface area (Å²) in [6, 6.07) is -0.902. The van der Waals surface area contributed by atoms with E-state index in [1.807, 2.05) is 27.2 Å². The molecule has 0 radical (unpaired) electrons. The van der Waals surface area contributed by atoms with Crippen LogP contribution >= 0.6 is 7.82 Å². The second-order valence-electron chi connectivity index (χ2n) is 23.1. The fourth-order valence-corrected chi connectivity index (χ4v) is 10.3. The van der Waals surface area contributed by atoms with Gasteiger partial charge in [0.15, 0.2) is 0 Å². The van der Waals surface area contributed by atoms with E-state index in [2.05, 4.69) is 43.5 Å². The Balaban J connectivity index is 4.09. The fourth-order valence-electron chi connectivity index (χ4n) is 9.58. The molecule has 0 aliphatic heterocycles. The van der Waals surface area contributed by atoms with Gasteiger partial charge in [-0.15, -0.1) is 0 Å². The number of aliphatic hydroxyl groups is 1. The summed E-state index contributed by atoms with van der Waals surface area (Å²) >= 11 is 0. The van der Waals surface area contributed by atoms with Gasteiger partial charge >= 0.3 is 0 Å². The van der Waals surface area contributed by atoms with E-state index in [0.29, 0.717) is 17.4 Å². The molecule has 0 spiro atoms. The maximum Gasteiger partial charge on any atom is 0.268 e. The first-order valence-corrected chi connectivity index (χ1v) is 33.3.